The summed E-state index contributed by atoms with van der Waals surface area (Å²) >= 11 is -0.357. The van der Waals surface area contributed by atoms with Gasteiger partial charge in [-0.2, -0.15) is 0 Å². The van der Waals surface area contributed by atoms with E-state index in [9.17, 15) is 0 Å². The first-order valence-electron chi connectivity index (χ1n) is 9.97. The number of benzene rings is 2. The predicted molar refractivity (Wildman–Crippen MR) is 120 cm³/mol. The van der Waals surface area contributed by atoms with E-state index in [-0.39, 0.29) is 24.8 Å². The number of allylic oxidation sites excluding steroid dienone is 4. The molecule has 4 heteroatoms. The second kappa shape index (κ2) is 9.62. The van der Waals surface area contributed by atoms with Gasteiger partial charge in [-0.15, -0.1) is 0 Å². The van der Waals surface area contributed by atoms with Crippen LogP contribution in [0.4, 0.5) is 0 Å². The average molecular weight is 531 g/mol. The Hall–Kier alpha value is -1.05. The summed E-state index contributed by atoms with van der Waals surface area (Å²) in [6, 6.07) is 20.6. The van der Waals surface area contributed by atoms with E-state index in [1.165, 1.54) is 22.3 Å². The fourth-order valence-corrected chi connectivity index (χ4v) is 14.6. The van der Waals surface area contributed by atoms with Gasteiger partial charge in [0.05, 0.1) is 0 Å². The van der Waals surface area contributed by atoms with E-state index in [1.54, 1.807) is 29.0 Å². The van der Waals surface area contributed by atoms with Crippen molar-refractivity contribution in [1.29, 1.82) is 0 Å². The van der Waals surface area contributed by atoms with Crippen molar-refractivity contribution < 1.29 is 46.1 Å². The summed E-state index contributed by atoms with van der Waals surface area (Å²) in [6.45, 7) is 7.21. The molecule has 152 valence electrons. The van der Waals surface area contributed by atoms with Crippen LogP contribution >= 0.6 is 11.3 Å². The molecule has 1 unspecified atom stereocenters. The Bertz CT molecular complexity index is 1110. The van der Waals surface area contributed by atoms with E-state index in [0.29, 0.717) is 9.54 Å². The molecule has 30 heavy (non-hydrogen) atoms. The summed E-state index contributed by atoms with van der Waals surface area (Å²) in [7, 11) is 0. The molecule has 0 nitrogen and oxygen atoms in total. The molecular formula is C26H24Cl2SZr. The number of halogens is 2. The van der Waals surface area contributed by atoms with Gasteiger partial charge in [0.2, 0.25) is 0 Å². The number of hydrogen-bond acceptors (Lipinski definition) is 1. The molecule has 0 saturated carbocycles. The maximum Gasteiger partial charge on any atom is -1.00 e. The largest absolute Gasteiger partial charge is 1.00 e. The molecule has 0 radical (unpaired) electrons. The van der Waals surface area contributed by atoms with Gasteiger partial charge in [0.1, 0.15) is 0 Å². The van der Waals surface area contributed by atoms with Gasteiger partial charge in [0.15, 0.2) is 0 Å². The molecule has 0 saturated heterocycles. The molecule has 1 atom stereocenters. The Labute approximate surface area is 203 Å². The van der Waals surface area contributed by atoms with Gasteiger partial charge in [-0.25, -0.2) is 0 Å². The molecule has 2 aliphatic carbocycles. The van der Waals surface area contributed by atoms with Crippen molar-refractivity contribution in [2.24, 2.45) is 5.92 Å². The fraction of sp³-hybridized carbons (Fsp3) is 0.192. The molecule has 0 bridgehead atoms. The Balaban J connectivity index is 0.00000128. The summed E-state index contributed by atoms with van der Waals surface area (Å²) in [4.78, 5) is 0. The number of thiophene rings is 1. The molecule has 1 heterocycles. The van der Waals surface area contributed by atoms with Gasteiger partial charge < -0.3 is 24.8 Å². The maximum absolute atomic E-state index is 2.43. The Morgan fingerprint density at radius 1 is 0.867 bits per heavy atom. The van der Waals surface area contributed by atoms with Crippen molar-refractivity contribution in [2.75, 3.05) is 0 Å². The predicted octanol–water partition coefficient (Wildman–Crippen LogP) is 1.27. The quantitative estimate of drug-likeness (QED) is 0.479. The summed E-state index contributed by atoms with van der Waals surface area (Å²) in [6.07, 6.45) is 4.83. The smallest absolute Gasteiger partial charge is 1.00 e. The minimum Gasteiger partial charge on any atom is -1.00 e. The Morgan fingerprint density at radius 3 is 2.00 bits per heavy atom. The zero-order valence-corrected chi connectivity index (χ0v) is 22.1. The van der Waals surface area contributed by atoms with E-state index in [2.05, 4.69) is 98.3 Å². The van der Waals surface area contributed by atoms with Crippen LogP contribution in [0.5, 0.6) is 0 Å². The van der Waals surface area contributed by atoms with Crippen LogP contribution in [-0.2, 0) is 21.3 Å². The molecule has 0 fully saturated rings. The molecule has 0 amide bonds. The van der Waals surface area contributed by atoms with E-state index >= 15 is 0 Å². The monoisotopic (exact) mass is 528 g/mol. The molecule has 0 aliphatic heterocycles. The van der Waals surface area contributed by atoms with Crippen LogP contribution in [0, 0.1) is 5.92 Å². The summed E-state index contributed by atoms with van der Waals surface area (Å²) in [5, 5.41) is 4.53. The molecule has 0 spiro atoms. The second-order valence-electron chi connectivity index (χ2n) is 8.01. The van der Waals surface area contributed by atoms with Crippen LogP contribution in [0.1, 0.15) is 41.1 Å². The van der Waals surface area contributed by atoms with Crippen LogP contribution in [0.2, 0.25) is 0 Å². The zero-order valence-electron chi connectivity index (χ0n) is 17.3. The van der Waals surface area contributed by atoms with Crippen LogP contribution in [-0.4, -0.2) is 3.21 Å². The Morgan fingerprint density at radius 2 is 1.47 bits per heavy atom. The topological polar surface area (TPSA) is 0 Å². The third kappa shape index (κ3) is 3.82. The van der Waals surface area contributed by atoms with Crippen molar-refractivity contribution in [3.05, 3.63) is 97.5 Å². The Kier molecular flexibility index (Phi) is 7.57. The van der Waals surface area contributed by atoms with Gasteiger partial charge in [0, 0.05) is 0 Å². The van der Waals surface area contributed by atoms with E-state index in [0.717, 1.165) is 0 Å². The zero-order chi connectivity index (χ0) is 19.3. The molecule has 3 aromatic rings. The van der Waals surface area contributed by atoms with E-state index in [4.69, 9.17) is 0 Å². The minimum absolute atomic E-state index is 0. The number of fused-ring (bicyclic) bond motifs is 3. The fourth-order valence-electron chi connectivity index (χ4n) is 4.91. The van der Waals surface area contributed by atoms with Crippen molar-refractivity contribution >= 4 is 20.1 Å². The summed E-state index contributed by atoms with van der Waals surface area (Å²) < 4.78 is 4.06. The standard InChI is InChI=1S/C13H9.C10H9S.C3H6.2ClH.Zr/c1-3-7-12-10(5-1)9-11-6-2-4-8-13(11)12;1-8-2-3-9(6-8)10-4-5-11-7-10;1-3-2;;;/h1-9H;2-5,7-8H,1H3;1-2H3;2*1H;/q;;;;;+2/p-2. The molecular weight excluding hydrogens is 506 g/mol. The van der Waals surface area contributed by atoms with Crippen LogP contribution in [0.25, 0.3) is 16.7 Å². The minimum atomic E-state index is -2.16. The third-order valence-corrected chi connectivity index (χ3v) is 15.6. The van der Waals surface area contributed by atoms with Crippen LogP contribution in [0.15, 0.2) is 80.8 Å². The van der Waals surface area contributed by atoms with Gasteiger partial charge in [-0.1, -0.05) is 0 Å². The van der Waals surface area contributed by atoms with Crippen molar-refractivity contribution in [2.45, 2.75) is 24.4 Å². The van der Waals surface area contributed by atoms with E-state index in [1.807, 2.05) is 0 Å². The van der Waals surface area contributed by atoms with Crippen LogP contribution < -0.4 is 24.8 Å². The molecule has 0 N–H and O–H groups in total. The number of hydrogen-bond donors (Lipinski definition) is 0. The van der Waals surface area contributed by atoms with Crippen molar-refractivity contribution in [1.82, 2.24) is 0 Å². The van der Waals surface area contributed by atoms with Crippen molar-refractivity contribution in [3.8, 4) is 11.1 Å². The molecule has 2 aromatic carbocycles. The number of rotatable bonds is 3. The average Bonchev–Trinajstić information content (AvgIpc) is 3.42. The normalized spacial score (nSPS) is 16.3. The van der Waals surface area contributed by atoms with Crippen molar-refractivity contribution in [3.63, 3.8) is 0 Å². The van der Waals surface area contributed by atoms with Gasteiger partial charge >= 0.3 is 180 Å². The van der Waals surface area contributed by atoms with Gasteiger partial charge in [-0.05, 0) is 0 Å². The summed E-state index contributed by atoms with van der Waals surface area (Å²) in [5.74, 6) is 0.555. The van der Waals surface area contributed by atoms with Gasteiger partial charge in [-0.3, -0.25) is 0 Å². The SMILES string of the molecule is C[C](C)=[Zr+2]([C]1=C(c2ccsc2)C=CC1C)[CH]1c2ccccc2-c2ccccc21.[Cl-].[Cl-]. The first-order valence-corrected chi connectivity index (χ1v) is 14.8. The third-order valence-electron chi connectivity index (χ3n) is 6.08. The molecule has 1 aromatic heterocycles. The summed E-state index contributed by atoms with van der Waals surface area (Å²) in [5.41, 5.74) is 8.98. The molecule has 2 aliphatic rings. The van der Waals surface area contributed by atoms with Gasteiger partial charge in [0.25, 0.3) is 0 Å². The molecule has 5 rings (SSSR count). The van der Waals surface area contributed by atoms with Crippen LogP contribution in [0.3, 0.4) is 0 Å². The maximum atomic E-state index is 2.43. The van der Waals surface area contributed by atoms with E-state index < -0.39 is 21.3 Å². The first kappa shape index (κ1) is 23.6. The first-order chi connectivity index (χ1) is 13.7. The second-order valence-corrected chi connectivity index (χ2v) is 16.0.